The molecule has 0 spiro atoms. The van der Waals surface area contributed by atoms with Gasteiger partial charge in [-0.15, -0.1) is 0 Å². The molecule has 1 aromatic rings. The van der Waals surface area contributed by atoms with Gasteiger partial charge in [0.25, 0.3) is 0 Å². The first-order chi connectivity index (χ1) is 20.7. The van der Waals surface area contributed by atoms with Gasteiger partial charge in [-0.3, -0.25) is 24.3 Å². The molecule has 3 saturated carbocycles. The Morgan fingerprint density at radius 2 is 1.80 bits per heavy atom. The maximum absolute atomic E-state index is 17.2. The summed E-state index contributed by atoms with van der Waals surface area (Å²) in [6.45, 7) is 7.53. The number of aliphatic hydroxyl groups is 2. The zero-order valence-electron chi connectivity index (χ0n) is 26.0. The Bertz CT molecular complexity index is 1500. The molecule has 13 heteroatoms. The summed E-state index contributed by atoms with van der Waals surface area (Å²) < 4.78 is 45.2. The topological polar surface area (TPSA) is 169 Å². The van der Waals surface area contributed by atoms with E-state index in [4.69, 9.17) is 13.8 Å². The number of rotatable bonds is 7. The van der Waals surface area contributed by atoms with Crippen molar-refractivity contribution in [2.75, 3.05) is 11.9 Å². The monoisotopic (exact) mass is 649 g/mol. The highest BCUT2D eigenvalue weighted by Gasteiger charge is 2.74. The van der Waals surface area contributed by atoms with Crippen molar-refractivity contribution in [1.82, 2.24) is 0 Å². The number of hydrogen-bond donors (Lipinski definition) is 4. The van der Waals surface area contributed by atoms with Gasteiger partial charge >= 0.3 is 13.9 Å². The van der Waals surface area contributed by atoms with E-state index in [9.17, 15) is 34.1 Å². The number of aliphatic hydroxyl groups excluding tert-OH is 1. The van der Waals surface area contributed by atoms with Crippen LogP contribution in [0, 0.1) is 22.7 Å². The van der Waals surface area contributed by atoms with Crippen molar-refractivity contribution >= 4 is 31.2 Å². The van der Waals surface area contributed by atoms with Gasteiger partial charge < -0.3 is 19.5 Å². The lowest BCUT2D eigenvalue weighted by molar-refractivity contribution is -0.217. The van der Waals surface area contributed by atoms with Crippen LogP contribution in [-0.4, -0.2) is 62.3 Å². The molecule has 0 radical (unpaired) electrons. The van der Waals surface area contributed by atoms with Crippen LogP contribution < -0.4 is 9.84 Å². The van der Waals surface area contributed by atoms with E-state index < -0.39 is 71.9 Å². The molecule has 45 heavy (non-hydrogen) atoms. The van der Waals surface area contributed by atoms with Gasteiger partial charge in [-0.25, -0.2) is 13.8 Å². The fraction of sp³-hybridized carbons (Fsp3) is 0.594. The lowest BCUT2D eigenvalue weighted by Gasteiger charge is -2.62. The van der Waals surface area contributed by atoms with Crippen molar-refractivity contribution < 1.29 is 52.2 Å². The first-order valence-electron chi connectivity index (χ1n) is 15.1. The Hall–Kier alpha value is -2.89. The number of phosphoric acid groups is 1. The molecule has 1 unspecified atom stereocenters. The summed E-state index contributed by atoms with van der Waals surface area (Å²) in [7, 11) is -4.84. The van der Waals surface area contributed by atoms with E-state index in [1.165, 1.54) is 42.5 Å². The van der Waals surface area contributed by atoms with Crippen molar-refractivity contribution in [3.63, 3.8) is 0 Å². The standard InChI is InChI=1S/C32H41FNO10P/c1-28(2,3)43-27(38)34-20-7-9-22(10-8-20)44-45(40,41)42-18-26(37)31(39)15-13-23-24-11-6-19-16-21(35)12-14-29(19,4)32(24,33)25(36)17-30(23,31)5/h7-10,12,14,16,23-25,36,39H,6,11,13,15,17-18H2,1-5H3,(H,34,38)(H,40,41)/t23-,24-,25-,29-,30-,31-,32-/m0/s1. The lowest BCUT2D eigenvalue weighted by Crippen LogP contribution is -2.69. The van der Waals surface area contributed by atoms with E-state index in [1.807, 2.05) is 0 Å². The Morgan fingerprint density at radius 1 is 1.13 bits per heavy atom. The number of ketones is 2. The van der Waals surface area contributed by atoms with E-state index >= 15 is 4.39 Å². The van der Waals surface area contributed by atoms with Gasteiger partial charge in [0.15, 0.2) is 17.2 Å². The molecule has 1 aromatic carbocycles. The van der Waals surface area contributed by atoms with E-state index in [0.717, 1.165) is 0 Å². The molecule has 4 aliphatic carbocycles. The number of anilines is 1. The second-order valence-corrected chi connectivity index (χ2v) is 15.4. The summed E-state index contributed by atoms with van der Waals surface area (Å²) in [4.78, 5) is 47.8. The summed E-state index contributed by atoms with van der Waals surface area (Å²) in [6.07, 6.45) is 2.89. The van der Waals surface area contributed by atoms with E-state index in [0.29, 0.717) is 30.5 Å². The Kier molecular flexibility index (Phi) is 8.27. The number of alkyl halides is 1. The molecule has 8 atom stereocenters. The average molecular weight is 650 g/mol. The zero-order valence-corrected chi connectivity index (χ0v) is 26.9. The summed E-state index contributed by atoms with van der Waals surface area (Å²) in [5.74, 6) is -2.35. The van der Waals surface area contributed by atoms with Crippen LogP contribution in [0.5, 0.6) is 5.75 Å². The third-order valence-electron chi connectivity index (χ3n) is 10.3. The summed E-state index contributed by atoms with van der Waals surface area (Å²) in [6, 6.07) is 5.45. The molecule has 1 amide bonds. The number of allylic oxidation sites excluding steroid dienone is 4. The molecule has 11 nitrogen and oxygen atoms in total. The van der Waals surface area contributed by atoms with Gasteiger partial charge in [0.05, 0.1) is 6.10 Å². The molecule has 0 bridgehead atoms. The quantitative estimate of drug-likeness (QED) is 0.288. The number of benzene rings is 1. The largest absolute Gasteiger partial charge is 0.527 e. The van der Waals surface area contributed by atoms with Crippen LogP contribution in [0.1, 0.15) is 66.7 Å². The molecule has 0 aromatic heterocycles. The van der Waals surface area contributed by atoms with Crippen molar-refractivity contribution in [2.24, 2.45) is 22.7 Å². The van der Waals surface area contributed by atoms with Gasteiger partial charge in [0.1, 0.15) is 23.6 Å². The molecule has 4 aliphatic rings. The Balaban J connectivity index is 1.25. The van der Waals surface area contributed by atoms with Gasteiger partial charge in [0.2, 0.25) is 0 Å². The molecule has 246 valence electrons. The van der Waals surface area contributed by atoms with Gasteiger partial charge in [-0.2, -0.15) is 0 Å². The van der Waals surface area contributed by atoms with Crippen molar-refractivity contribution in [3.05, 3.63) is 48.1 Å². The number of Topliss-reactive ketones (excluding diaryl/α,β-unsaturated/α-hetero) is 1. The summed E-state index contributed by atoms with van der Waals surface area (Å²) in [5, 5.41) is 25.7. The van der Waals surface area contributed by atoms with Crippen LogP contribution in [0.3, 0.4) is 0 Å². The van der Waals surface area contributed by atoms with Crippen molar-refractivity contribution in [2.45, 2.75) is 89.7 Å². The normalized spacial score (nSPS) is 37.0. The molecule has 3 fully saturated rings. The first kappa shape index (κ1) is 33.5. The smallest absolute Gasteiger partial charge is 0.444 e. The summed E-state index contributed by atoms with van der Waals surface area (Å²) in [5.41, 5.74) is -6.35. The molecule has 0 saturated heterocycles. The minimum absolute atomic E-state index is 0.0356. The van der Waals surface area contributed by atoms with Crippen LogP contribution in [0.4, 0.5) is 14.9 Å². The molecular weight excluding hydrogens is 608 g/mol. The number of hydrogen-bond acceptors (Lipinski definition) is 9. The minimum atomic E-state index is -4.84. The van der Waals surface area contributed by atoms with Crippen LogP contribution in [0.2, 0.25) is 0 Å². The Morgan fingerprint density at radius 3 is 2.44 bits per heavy atom. The van der Waals surface area contributed by atoms with Crippen LogP contribution >= 0.6 is 7.82 Å². The maximum atomic E-state index is 17.2. The van der Waals surface area contributed by atoms with Crippen LogP contribution in [-0.2, 0) is 23.4 Å². The van der Waals surface area contributed by atoms with E-state index in [-0.39, 0.29) is 24.4 Å². The van der Waals surface area contributed by atoms with E-state index in [2.05, 4.69) is 5.32 Å². The predicted octanol–water partition coefficient (Wildman–Crippen LogP) is 5.20. The van der Waals surface area contributed by atoms with Crippen molar-refractivity contribution in [3.8, 4) is 5.75 Å². The molecular formula is C32H41FNO10P. The fourth-order valence-corrected chi connectivity index (χ4v) is 8.83. The SMILES string of the molecule is CC(C)(C)OC(=O)Nc1ccc(OP(=O)(O)OCC(=O)[C@@]2(O)CC[C@H]3[C@@H]4CCC5=CC(=O)C=C[C@]5(C)[C@@]4(F)[C@@H](O)C[C@@]32C)cc1. The third-order valence-corrected chi connectivity index (χ3v) is 11.2. The predicted molar refractivity (Wildman–Crippen MR) is 161 cm³/mol. The lowest BCUT2D eigenvalue weighted by atomic mass is 9.44. The second-order valence-electron chi connectivity index (χ2n) is 14.1. The molecule has 5 rings (SSSR count). The average Bonchev–Trinajstić information content (AvgIpc) is 3.19. The Labute approximate surface area is 261 Å². The number of carbonyl (C=O) groups excluding carboxylic acids is 3. The highest BCUT2D eigenvalue weighted by molar-refractivity contribution is 7.47. The number of fused-ring (bicyclic) bond motifs is 5. The van der Waals surface area contributed by atoms with Gasteiger partial charge in [0, 0.05) is 22.4 Å². The molecule has 0 heterocycles. The fourth-order valence-electron chi connectivity index (χ4n) is 8.11. The number of ether oxygens (including phenoxy) is 1. The minimum Gasteiger partial charge on any atom is -0.444 e. The van der Waals surface area contributed by atoms with Crippen LogP contribution in [0.15, 0.2) is 48.1 Å². The van der Waals surface area contributed by atoms with E-state index in [1.54, 1.807) is 34.6 Å². The molecule has 0 aliphatic heterocycles. The highest BCUT2D eigenvalue weighted by Crippen LogP contribution is 2.69. The summed E-state index contributed by atoms with van der Waals surface area (Å²) >= 11 is 0. The van der Waals surface area contributed by atoms with Gasteiger partial charge in [-0.1, -0.05) is 18.6 Å². The molecule has 4 N–H and O–H groups in total. The number of halogens is 1. The number of amides is 1. The van der Waals surface area contributed by atoms with Crippen LogP contribution in [0.25, 0.3) is 0 Å². The first-order valence-corrected chi connectivity index (χ1v) is 16.6. The zero-order chi connectivity index (χ0) is 33.2. The number of carbonyl (C=O) groups is 3. The number of nitrogens with one attached hydrogen (secondary N) is 1. The second kappa shape index (κ2) is 11.1. The maximum Gasteiger partial charge on any atom is 0.527 e. The highest BCUT2D eigenvalue weighted by atomic mass is 31.2. The number of phosphoric ester groups is 1. The van der Waals surface area contributed by atoms with Gasteiger partial charge in [-0.05, 0) is 102 Å². The third kappa shape index (κ3) is 5.69. The van der Waals surface area contributed by atoms with Crippen molar-refractivity contribution in [1.29, 1.82) is 0 Å².